The van der Waals surface area contributed by atoms with Gasteiger partial charge in [-0.3, -0.25) is 6.08 Å². The van der Waals surface area contributed by atoms with Crippen LogP contribution in [0.25, 0.3) is 23.3 Å². The van der Waals surface area contributed by atoms with Crippen LogP contribution >= 0.6 is 24.8 Å². The summed E-state index contributed by atoms with van der Waals surface area (Å²) in [6.07, 6.45) is 12.1. The number of allylic oxidation sites excluding steroid dienone is 4. The van der Waals surface area contributed by atoms with Crippen molar-refractivity contribution >= 4 is 41.2 Å². The van der Waals surface area contributed by atoms with Crippen molar-refractivity contribution in [2.45, 2.75) is 27.2 Å². The first-order valence-corrected chi connectivity index (χ1v) is 12.7. The second-order valence-corrected chi connectivity index (χ2v) is 7.91. The Kier molecular flexibility index (Phi) is 19.2. The Morgan fingerprint density at radius 2 is 1.53 bits per heavy atom. The maximum atomic E-state index is 3.82. The number of rotatable bonds is 2. The van der Waals surface area contributed by atoms with Gasteiger partial charge in [-0.25, -0.2) is 11.6 Å². The van der Waals surface area contributed by atoms with Crippen LogP contribution in [0, 0.1) is 38.5 Å². The summed E-state index contributed by atoms with van der Waals surface area (Å²) in [5.74, 6) is 0.556. The molecule has 0 saturated heterocycles. The standard InChI is InChI=1S/C17H13.C7H9.C7H7.CH3.CH2.2ClH.Zr/c1-3-12-5-7-14-11-15-8-6-13(4-2)10-17(15)16(14)9-12;1-6-3-4-7(2)5-6;1-7-5-3-2-4-6-7;;;;;/h3-7,9-10H,1-2,11H2;3,5,7H,1-2H3;3-6H,1H3;1H3;1H2;2*1H;/q4*-1;;;;. The van der Waals surface area contributed by atoms with Crippen molar-refractivity contribution in [3.8, 4) is 11.1 Å². The van der Waals surface area contributed by atoms with Crippen LogP contribution in [-0.2, 0) is 30.7 Å². The van der Waals surface area contributed by atoms with Crippen molar-refractivity contribution in [1.29, 1.82) is 0 Å². The third-order valence-corrected chi connectivity index (χ3v) is 5.28. The van der Waals surface area contributed by atoms with Gasteiger partial charge in [0.2, 0.25) is 0 Å². The normalized spacial score (nSPS) is 12.8. The Morgan fingerprint density at radius 3 is 1.97 bits per heavy atom. The average molecular weight is 595 g/mol. The molecule has 0 aliphatic heterocycles. The molecule has 2 aliphatic carbocycles. The van der Waals surface area contributed by atoms with E-state index in [0.29, 0.717) is 5.92 Å². The molecule has 0 nitrogen and oxygen atoms in total. The van der Waals surface area contributed by atoms with Crippen LogP contribution in [0.3, 0.4) is 0 Å². The summed E-state index contributed by atoms with van der Waals surface area (Å²) in [7, 11) is 0. The zero-order valence-corrected chi connectivity index (χ0v) is 25.8. The predicted octanol–water partition coefficient (Wildman–Crippen LogP) is 9.34. The Labute approximate surface area is 247 Å². The second kappa shape index (κ2) is 19.1. The first-order valence-electron chi connectivity index (χ1n) is 11.0. The van der Waals surface area contributed by atoms with E-state index in [0.717, 1.165) is 12.0 Å². The Morgan fingerprint density at radius 1 is 0.917 bits per heavy atom. The summed E-state index contributed by atoms with van der Waals surface area (Å²) in [5, 5.41) is 0. The van der Waals surface area contributed by atoms with Gasteiger partial charge in [-0.2, -0.15) is 65.7 Å². The Balaban J connectivity index is 0. The molecule has 1 atom stereocenters. The molecule has 36 heavy (non-hydrogen) atoms. The first kappa shape index (κ1) is 36.1. The summed E-state index contributed by atoms with van der Waals surface area (Å²) >= 11 is 1.30. The molecule has 0 saturated carbocycles. The van der Waals surface area contributed by atoms with Crippen LogP contribution in [-0.4, -0.2) is 4.21 Å². The molecule has 0 bridgehead atoms. The van der Waals surface area contributed by atoms with Gasteiger partial charge in [0, 0.05) is 0 Å². The fourth-order valence-corrected chi connectivity index (χ4v) is 3.59. The topological polar surface area (TPSA) is 0 Å². The van der Waals surface area contributed by atoms with E-state index < -0.39 is 0 Å². The molecule has 0 radical (unpaired) electrons. The molecule has 3 aromatic carbocycles. The molecule has 1 unspecified atom stereocenters. The quantitative estimate of drug-likeness (QED) is 0.203. The maximum Gasteiger partial charge on any atom is -0.358 e. The number of hydrogen-bond acceptors (Lipinski definition) is 0. The van der Waals surface area contributed by atoms with Gasteiger partial charge >= 0.3 is 28.4 Å². The van der Waals surface area contributed by atoms with Crippen LogP contribution in [0.4, 0.5) is 0 Å². The van der Waals surface area contributed by atoms with Crippen molar-refractivity contribution in [1.82, 2.24) is 0 Å². The summed E-state index contributed by atoms with van der Waals surface area (Å²) < 4.78 is 3.34. The zero-order chi connectivity index (χ0) is 24.2. The molecular formula is C33H36Cl2Zr-4. The van der Waals surface area contributed by atoms with Gasteiger partial charge in [0.25, 0.3) is 0 Å². The summed E-state index contributed by atoms with van der Waals surface area (Å²) in [4.78, 5) is 0. The molecule has 0 heterocycles. The number of hydrogen-bond donors (Lipinski definition) is 0. The van der Waals surface area contributed by atoms with E-state index >= 15 is 0 Å². The Hall–Kier alpha value is -2.05. The largest absolute Gasteiger partial charge is 0.358 e. The van der Waals surface area contributed by atoms with Crippen LogP contribution in [0.2, 0.25) is 0 Å². The molecule has 190 valence electrons. The summed E-state index contributed by atoms with van der Waals surface area (Å²) in [5.41, 5.74) is 10.2. The smallest absolute Gasteiger partial charge is 0.358 e. The second-order valence-electron chi connectivity index (χ2n) is 7.91. The van der Waals surface area contributed by atoms with E-state index in [1.54, 1.807) is 0 Å². The van der Waals surface area contributed by atoms with E-state index in [4.69, 9.17) is 0 Å². The first-order chi connectivity index (χ1) is 16.0. The number of fused-ring (bicyclic) bond motifs is 3. The molecular weight excluding hydrogens is 558 g/mol. The monoisotopic (exact) mass is 592 g/mol. The molecule has 0 fully saturated rings. The maximum absolute atomic E-state index is 3.82. The third-order valence-electron chi connectivity index (χ3n) is 5.28. The van der Waals surface area contributed by atoms with E-state index in [-0.39, 0.29) is 32.2 Å². The van der Waals surface area contributed by atoms with E-state index in [9.17, 15) is 0 Å². The van der Waals surface area contributed by atoms with Crippen molar-refractivity contribution in [3.63, 3.8) is 0 Å². The van der Waals surface area contributed by atoms with Gasteiger partial charge in [0.05, 0.1) is 0 Å². The molecule has 3 heteroatoms. The average Bonchev–Trinajstić information content (AvgIpc) is 3.42. The van der Waals surface area contributed by atoms with Crippen molar-refractivity contribution < 1.29 is 24.2 Å². The van der Waals surface area contributed by atoms with Gasteiger partial charge in [-0.05, 0) is 12.0 Å². The van der Waals surface area contributed by atoms with Crippen LogP contribution in [0.1, 0.15) is 41.7 Å². The van der Waals surface area contributed by atoms with Gasteiger partial charge in [0.15, 0.2) is 0 Å². The molecule has 0 spiro atoms. The van der Waals surface area contributed by atoms with Crippen LogP contribution < -0.4 is 0 Å². The molecule has 5 rings (SSSR count). The van der Waals surface area contributed by atoms with Crippen molar-refractivity contribution in [2.75, 3.05) is 0 Å². The fraction of sp³-hybridized carbons (Fsp3) is 0.152. The summed E-state index contributed by atoms with van der Waals surface area (Å²) in [6.45, 7) is 13.9. The minimum atomic E-state index is 0. The molecule has 3 aromatic rings. The van der Waals surface area contributed by atoms with Crippen molar-refractivity contribution in [2.24, 2.45) is 5.92 Å². The summed E-state index contributed by atoms with van der Waals surface area (Å²) in [6, 6.07) is 24.9. The molecule has 0 aromatic heterocycles. The number of halogens is 2. The van der Waals surface area contributed by atoms with E-state index in [2.05, 4.69) is 86.7 Å². The third kappa shape index (κ3) is 10.9. The number of benzene rings is 3. The SMILES string of the molecule is C=Cc1c[c-]c2c(c1)-c1cc(C=C)ccc1C2.CC1=CC(C)[C-]=C1.Cc1cc[c-]cc1.Cl.Cl.[CH2]=[Zr].[CH3-]. The fourth-order valence-electron chi connectivity index (χ4n) is 3.59. The number of aryl methyl sites for hydroxylation is 1. The van der Waals surface area contributed by atoms with Crippen molar-refractivity contribution in [3.05, 3.63) is 139 Å². The van der Waals surface area contributed by atoms with Gasteiger partial charge < -0.3 is 7.43 Å². The molecule has 0 N–H and O–H groups in total. The molecule has 2 aliphatic rings. The minimum absolute atomic E-state index is 0. The Bertz CT molecular complexity index is 1090. The predicted molar refractivity (Wildman–Crippen MR) is 162 cm³/mol. The van der Waals surface area contributed by atoms with E-state index in [1.807, 2.05) is 48.6 Å². The minimum Gasteiger partial charge on any atom is -0.358 e. The zero-order valence-electron chi connectivity index (χ0n) is 21.7. The van der Waals surface area contributed by atoms with Crippen LogP contribution in [0.15, 0.2) is 85.5 Å². The van der Waals surface area contributed by atoms with Gasteiger partial charge in [-0.15, -0.1) is 55.5 Å². The van der Waals surface area contributed by atoms with E-state index in [1.165, 1.54) is 63.2 Å². The molecule has 0 amide bonds. The van der Waals surface area contributed by atoms with Crippen LogP contribution in [0.5, 0.6) is 0 Å². The van der Waals surface area contributed by atoms with Gasteiger partial charge in [-0.1, -0.05) is 61.7 Å². The van der Waals surface area contributed by atoms with Gasteiger partial charge in [0.1, 0.15) is 0 Å².